The molecule has 0 aliphatic heterocycles. The minimum atomic E-state index is 0.0838. The lowest BCUT2D eigenvalue weighted by atomic mass is 10.2. The van der Waals surface area contributed by atoms with E-state index in [0.717, 1.165) is 26.8 Å². The highest BCUT2D eigenvalue weighted by Crippen LogP contribution is 2.34. The molecule has 0 bridgehead atoms. The minimum absolute atomic E-state index is 0.0838. The van der Waals surface area contributed by atoms with Crippen molar-refractivity contribution in [3.05, 3.63) is 35.1 Å². The van der Waals surface area contributed by atoms with Crippen LogP contribution in [-0.2, 0) is 0 Å². The van der Waals surface area contributed by atoms with Crippen molar-refractivity contribution < 1.29 is 4.74 Å². The van der Waals surface area contributed by atoms with Gasteiger partial charge in [0.15, 0.2) is 5.01 Å². The van der Waals surface area contributed by atoms with Crippen LogP contribution in [0.3, 0.4) is 0 Å². The van der Waals surface area contributed by atoms with Crippen molar-refractivity contribution in [1.29, 1.82) is 0 Å². The Morgan fingerprint density at radius 2 is 2.00 bits per heavy atom. The number of benzene rings is 1. The van der Waals surface area contributed by atoms with Gasteiger partial charge in [0.05, 0.1) is 22.9 Å². The summed E-state index contributed by atoms with van der Waals surface area (Å²) in [5.41, 5.74) is 2.86. The van der Waals surface area contributed by atoms with Crippen molar-refractivity contribution in [3.8, 4) is 26.9 Å². The topological polar surface area (TPSA) is 63.7 Å². The van der Waals surface area contributed by atoms with Crippen molar-refractivity contribution in [1.82, 2.24) is 20.4 Å². The van der Waals surface area contributed by atoms with E-state index in [1.807, 2.05) is 39.0 Å². The van der Waals surface area contributed by atoms with Gasteiger partial charge >= 0.3 is 0 Å². The SMILES string of the molecule is Cc1[nH]ncc1-c1nnc(-c2ccc(OC(C)C)c(Cl)c2)s1. The summed E-state index contributed by atoms with van der Waals surface area (Å²) in [6, 6.07) is 5.66. The fourth-order valence-corrected chi connectivity index (χ4v) is 3.13. The number of ether oxygens (including phenoxy) is 1. The van der Waals surface area contributed by atoms with Gasteiger partial charge in [-0.1, -0.05) is 22.9 Å². The van der Waals surface area contributed by atoms with Crippen LogP contribution in [0.2, 0.25) is 5.02 Å². The molecule has 0 saturated carbocycles. The molecule has 2 heterocycles. The summed E-state index contributed by atoms with van der Waals surface area (Å²) in [6.07, 6.45) is 1.84. The third-order valence-corrected chi connectivity index (χ3v) is 4.33. The van der Waals surface area contributed by atoms with Crippen molar-refractivity contribution in [2.24, 2.45) is 0 Å². The zero-order valence-corrected chi connectivity index (χ0v) is 14.0. The number of hydrogen-bond donors (Lipinski definition) is 1. The van der Waals surface area contributed by atoms with Gasteiger partial charge in [0.1, 0.15) is 10.8 Å². The first-order valence-corrected chi connectivity index (χ1v) is 8.04. The van der Waals surface area contributed by atoms with E-state index in [1.165, 1.54) is 11.3 Å². The van der Waals surface area contributed by atoms with Gasteiger partial charge in [-0.25, -0.2) is 0 Å². The molecular formula is C15H15ClN4OS. The first-order chi connectivity index (χ1) is 10.5. The molecule has 0 aliphatic carbocycles. The first-order valence-electron chi connectivity index (χ1n) is 6.85. The van der Waals surface area contributed by atoms with E-state index in [0.29, 0.717) is 10.8 Å². The normalized spacial score (nSPS) is 11.1. The van der Waals surface area contributed by atoms with Crippen LogP contribution in [0.15, 0.2) is 24.4 Å². The molecule has 0 atom stereocenters. The van der Waals surface area contributed by atoms with Gasteiger partial charge in [-0.2, -0.15) is 5.10 Å². The molecule has 7 heteroatoms. The van der Waals surface area contributed by atoms with Crippen LogP contribution in [0.1, 0.15) is 19.5 Å². The second kappa shape index (κ2) is 6.06. The monoisotopic (exact) mass is 334 g/mol. The van der Waals surface area contributed by atoms with E-state index in [1.54, 1.807) is 6.20 Å². The molecule has 114 valence electrons. The maximum atomic E-state index is 6.27. The van der Waals surface area contributed by atoms with Gasteiger partial charge in [0.2, 0.25) is 0 Å². The fourth-order valence-electron chi connectivity index (χ4n) is 2.00. The summed E-state index contributed by atoms with van der Waals surface area (Å²) in [5, 5.41) is 17.6. The van der Waals surface area contributed by atoms with E-state index >= 15 is 0 Å². The molecule has 5 nitrogen and oxygen atoms in total. The largest absolute Gasteiger partial charge is 0.489 e. The summed E-state index contributed by atoms with van der Waals surface area (Å²) in [4.78, 5) is 0. The summed E-state index contributed by atoms with van der Waals surface area (Å²) in [6.45, 7) is 5.89. The Hall–Kier alpha value is -1.92. The lowest BCUT2D eigenvalue weighted by molar-refractivity contribution is 0.242. The third kappa shape index (κ3) is 2.98. The third-order valence-electron chi connectivity index (χ3n) is 3.03. The average Bonchev–Trinajstić information content (AvgIpc) is 3.09. The van der Waals surface area contributed by atoms with Gasteiger partial charge in [-0.15, -0.1) is 10.2 Å². The smallest absolute Gasteiger partial charge is 0.151 e. The molecule has 0 amide bonds. The predicted molar refractivity (Wildman–Crippen MR) is 88.4 cm³/mol. The van der Waals surface area contributed by atoms with Gasteiger partial charge in [-0.05, 0) is 39.0 Å². The molecule has 0 fully saturated rings. The van der Waals surface area contributed by atoms with Gasteiger partial charge < -0.3 is 4.74 Å². The van der Waals surface area contributed by atoms with Crippen LogP contribution in [-0.4, -0.2) is 26.5 Å². The number of hydrogen-bond acceptors (Lipinski definition) is 5. The average molecular weight is 335 g/mol. The summed E-state index contributed by atoms with van der Waals surface area (Å²) in [5.74, 6) is 0.677. The van der Waals surface area contributed by atoms with Gasteiger partial charge in [0, 0.05) is 11.3 Å². The number of rotatable bonds is 4. The number of aromatic amines is 1. The number of aryl methyl sites for hydroxylation is 1. The zero-order valence-electron chi connectivity index (χ0n) is 12.4. The summed E-state index contributed by atoms with van der Waals surface area (Å²) >= 11 is 7.78. The maximum Gasteiger partial charge on any atom is 0.151 e. The Morgan fingerprint density at radius 1 is 1.23 bits per heavy atom. The number of aromatic nitrogens is 4. The molecule has 0 unspecified atom stereocenters. The lowest BCUT2D eigenvalue weighted by Crippen LogP contribution is -2.05. The zero-order chi connectivity index (χ0) is 15.7. The Morgan fingerprint density at radius 3 is 2.64 bits per heavy atom. The highest BCUT2D eigenvalue weighted by Gasteiger charge is 2.13. The molecular weight excluding hydrogens is 320 g/mol. The maximum absolute atomic E-state index is 6.27. The lowest BCUT2D eigenvalue weighted by Gasteiger charge is -2.11. The van der Waals surface area contributed by atoms with Crippen LogP contribution in [0.4, 0.5) is 0 Å². The fraction of sp³-hybridized carbons (Fsp3) is 0.267. The standard InChI is InChI=1S/C15H15ClN4OS/c1-8(2)21-13-5-4-10(6-12(13)16)14-19-20-15(22-14)11-7-17-18-9(11)3/h4-8H,1-3H3,(H,17,18). The Labute approximate surface area is 137 Å². The summed E-state index contributed by atoms with van der Waals surface area (Å²) < 4.78 is 5.64. The van der Waals surface area contributed by atoms with E-state index in [4.69, 9.17) is 16.3 Å². The number of halogens is 1. The van der Waals surface area contributed by atoms with E-state index in [-0.39, 0.29) is 6.10 Å². The number of nitrogens with zero attached hydrogens (tertiary/aromatic N) is 3. The van der Waals surface area contributed by atoms with Crippen LogP contribution >= 0.6 is 22.9 Å². The molecule has 3 rings (SSSR count). The van der Waals surface area contributed by atoms with Gasteiger partial charge in [-0.3, -0.25) is 5.10 Å². The molecule has 1 aromatic carbocycles. The van der Waals surface area contributed by atoms with Crippen LogP contribution in [0.5, 0.6) is 5.75 Å². The molecule has 0 radical (unpaired) electrons. The van der Waals surface area contributed by atoms with Crippen LogP contribution in [0.25, 0.3) is 21.1 Å². The van der Waals surface area contributed by atoms with Crippen LogP contribution in [0, 0.1) is 6.92 Å². The van der Waals surface area contributed by atoms with Crippen molar-refractivity contribution in [2.75, 3.05) is 0 Å². The van der Waals surface area contributed by atoms with Crippen LogP contribution < -0.4 is 4.74 Å². The van der Waals surface area contributed by atoms with Crippen molar-refractivity contribution in [3.63, 3.8) is 0 Å². The molecule has 0 spiro atoms. The highest BCUT2D eigenvalue weighted by atomic mass is 35.5. The number of nitrogens with one attached hydrogen (secondary N) is 1. The van der Waals surface area contributed by atoms with Crippen molar-refractivity contribution >= 4 is 22.9 Å². The molecule has 22 heavy (non-hydrogen) atoms. The van der Waals surface area contributed by atoms with Crippen molar-refractivity contribution in [2.45, 2.75) is 26.9 Å². The second-order valence-electron chi connectivity index (χ2n) is 5.13. The first kappa shape index (κ1) is 15.0. The van der Waals surface area contributed by atoms with E-state index in [2.05, 4.69) is 20.4 Å². The van der Waals surface area contributed by atoms with E-state index < -0.39 is 0 Å². The molecule has 0 saturated heterocycles. The Kier molecular flexibility index (Phi) is 4.13. The molecule has 0 aliphatic rings. The predicted octanol–water partition coefficient (Wildman–Crippen LogP) is 4.34. The Bertz CT molecular complexity index is 796. The summed E-state index contributed by atoms with van der Waals surface area (Å²) in [7, 11) is 0. The molecule has 2 aromatic heterocycles. The Balaban J connectivity index is 1.91. The quantitative estimate of drug-likeness (QED) is 0.770. The molecule has 3 aromatic rings. The van der Waals surface area contributed by atoms with E-state index in [9.17, 15) is 0 Å². The highest BCUT2D eigenvalue weighted by molar-refractivity contribution is 7.17. The second-order valence-corrected chi connectivity index (χ2v) is 6.52. The number of H-pyrrole nitrogens is 1. The molecule has 1 N–H and O–H groups in total. The van der Waals surface area contributed by atoms with Gasteiger partial charge in [0.25, 0.3) is 0 Å². The minimum Gasteiger partial charge on any atom is -0.489 e.